The van der Waals surface area contributed by atoms with Crippen molar-refractivity contribution in [3.05, 3.63) is 65.1 Å². The maximum atomic E-state index is 6.09. The number of hydrogen-bond acceptors (Lipinski definition) is 2. The highest BCUT2D eigenvalue weighted by molar-refractivity contribution is 9.10. The number of methoxy groups -OCH3 is 2. The SMILES string of the molecule is COc1ccc(Br)c(OC)c1-c1c2ccccc2[o+]c2ccccc12. The number of rotatable bonds is 3. The van der Waals surface area contributed by atoms with E-state index in [0.29, 0.717) is 0 Å². The van der Waals surface area contributed by atoms with Gasteiger partial charge in [0.15, 0.2) is 0 Å². The summed E-state index contributed by atoms with van der Waals surface area (Å²) in [6.45, 7) is 0. The molecule has 0 saturated carbocycles. The predicted octanol–water partition coefficient (Wildman–Crippen LogP) is 6.31. The summed E-state index contributed by atoms with van der Waals surface area (Å²) in [6.07, 6.45) is 0. The van der Waals surface area contributed by atoms with E-state index in [9.17, 15) is 0 Å². The molecule has 25 heavy (non-hydrogen) atoms. The summed E-state index contributed by atoms with van der Waals surface area (Å²) in [5.74, 6) is 1.49. The van der Waals surface area contributed by atoms with Gasteiger partial charge in [0.25, 0.3) is 0 Å². The van der Waals surface area contributed by atoms with Gasteiger partial charge in [0.2, 0.25) is 0 Å². The van der Waals surface area contributed by atoms with Crippen molar-refractivity contribution in [2.24, 2.45) is 0 Å². The Morgan fingerprint density at radius 1 is 0.720 bits per heavy atom. The molecule has 0 spiro atoms. The normalized spacial score (nSPS) is 11.0. The third kappa shape index (κ3) is 2.53. The molecule has 4 rings (SSSR count). The van der Waals surface area contributed by atoms with Gasteiger partial charge in [-0.1, -0.05) is 24.3 Å². The molecule has 0 aliphatic rings. The van der Waals surface area contributed by atoms with Gasteiger partial charge in [-0.05, 0) is 40.2 Å². The summed E-state index contributed by atoms with van der Waals surface area (Å²) in [4.78, 5) is 0. The minimum absolute atomic E-state index is 0.737. The van der Waals surface area contributed by atoms with Crippen LogP contribution in [0.15, 0.2) is 69.6 Å². The average molecular weight is 396 g/mol. The van der Waals surface area contributed by atoms with Crippen molar-refractivity contribution in [1.82, 2.24) is 0 Å². The van der Waals surface area contributed by atoms with E-state index in [1.165, 1.54) is 0 Å². The molecule has 1 aromatic heterocycles. The maximum absolute atomic E-state index is 6.09. The van der Waals surface area contributed by atoms with Gasteiger partial charge in [0, 0.05) is 17.7 Å². The fourth-order valence-corrected chi connectivity index (χ4v) is 3.70. The highest BCUT2D eigenvalue weighted by Gasteiger charge is 2.25. The van der Waals surface area contributed by atoms with Crippen LogP contribution in [0.5, 0.6) is 11.5 Å². The topological polar surface area (TPSA) is 29.8 Å². The quantitative estimate of drug-likeness (QED) is 0.300. The summed E-state index contributed by atoms with van der Waals surface area (Å²) < 4.78 is 18.3. The molecule has 0 amide bonds. The predicted molar refractivity (Wildman–Crippen MR) is 104 cm³/mol. The third-order valence-corrected chi connectivity index (χ3v) is 4.90. The number of fused-ring (bicyclic) bond motifs is 2. The van der Waals surface area contributed by atoms with E-state index >= 15 is 0 Å². The van der Waals surface area contributed by atoms with Crippen LogP contribution >= 0.6 is 15.9 Å². The van der Waals surface area contributed by atoms with Crippen LogP contribution in [-0.4, -0.2) is 14.2 Å². The molecule has 0 unspecified atom stereocenters. The number of halogens is 1. The van der Waals surface area contributed by atoms with E-state index in [4.69, 9.17) is 13.9 Å². The van der Waals surface area contributed by atoms with Crippen LogP contribution in [0.2, 0.25) is 0 Å². The second-order valence-corrected chi connectivity index (χ2v) is 6.48. The largest absolute Gasteiger partial charge is 0.496 e. The number of hydrogen-bond donors (Lipinski definition) is 0. The first kappa shape index (κ1) is 15.9. The molecule has 3 aromatic carbocycles. The van der Waals surface area contributed by atoms with Crippen molar-refractivity contribution < 1.29 is 13.9 Å². The van der Waals surface area contributed by atoms with Gasteiger partial charge in [-0.15, -0.1) is 0 Å². The maximum Gasteiger partial charge on any atom is 0.361 e. The Bertz CT molecular complexity index is 1040. The first-order valence-corrected chi connectivity index (χ1v) is 8.68. The lowest BCUT2D eigenvalue weighted by Crippen LogP contribution is -1.96. The Morgan fingerprint density at radius 3 is 1.88 bits per heavy atom. The van der Waals surface area contributed by atoms with Gasteiger partial charge in [-0.25, -0.2) is 4.42 Å². The third-order valence-electron chi connectivity index (χ3n) is 4.28. The molecule has 0 radical (unpaired) electrons. The Hall–Kier alpha value is -2.59. The van der Waals surface area contributed by atoms with Crippen molar-refractivity contribution in [1.29, 1.82) is 0 Å². The van der Waals surface area contributed by atoms with Crippen molar-refractivity contribution in [2.45, 2.75) is 0 Å². The van der Waals surface area contributed by atoms with Gasteiger partial charge in [0.1, 0.15) is 11.5 Å². The van der Waals surface area contributed by atoms with Gasteiger partial charge < -0.3 is 9.47 Å². The summed E-state index contributed by atoms with van der Waals surface area (Å²) >= 11 is 3.59. The van der Waals surface area contributed by atoms with E-state index in [1.54, 1.807) is 14.2 Å². The van der Waals surface area contributed by atoms with Gasteiger partial charge in [0.05, 0.1) is 35.0 Å². The van der Waals surface area contributed by atoms with Crippen molar-refractivity contribution >= 4 is 37.9 Å². The number of para-hydroxylation sites is 2. The first-order chi connectivity index (χ1) is 12.2. The van der Waals surface area contributed by atoms with Crippen LogP contribution in [-0.2, 0) is 0 Å². The van der Waals surface area contributed by atoms with Crippen molar-refractivity contribution in [3.8, 4) is 22.6 Å². The molecule has 0 atom stereocenters. The van der Waals surface area contributed by atoms with Crippen LogP contribution in [0.3, 0.4) is 0 Å². The van der Waals surface area contributed by atoms with Crippen LogP contribution in [0.25, 0.3) is 33.1 Å². The zero-order chi connectivity index (χ0) is 17.4. The molecule has 1 heterocycles. The molecular formula is C21H16BrO3+. The lowest BCUT2D eigenvalue weighted by molar-refractivity contribution is 0.396. The number of benzene rings is 3. The average Bonchev–Trinajstić information content (AvgIpc) is 2.66. The second kappa shape index (κ2) is 6.37. The molecule has 0 bridgehead atoms. The summed E-state index contributed by atoms with van der Waals surface area (Å²) in [5, 5.41) is 2.02. The Balaban J connectivity index is 2.26. The highest BCUT2D eigenvalue weighted by atomic mass is 79.9. The van der Waals surface area contributed by atoms with E-state index < -0.39 is 0 Å². The van der Waals surface area contributed by atoms with Crippen molar-refractivity contribution in [2.75, 3.05) is 14.2 Å². The van der Waals surface area contributed by atoms with Gasteiger partial charge in [-0.3, -0.25) is 0 Å². The second-order valence-electron chi connectivity index (χ2n) is 5.63. The monoisotopic (exact) mass is 395 g/mol. The molecule has 0 N–H and O–H groups in total. The highest BCUT2D eigenvalue weighted by Crippen LogP contribution is 2.48. The van der Waals surface area contributed by atoms with Gasteiger partial charge >= 0.3 is 11.2 Å². The van der Waals surface area contributed by atoms with E-state index in [0.717, 1.165) is 49.0 Å². The minimum Gasteiger partial charge on any atom is -0.496 e. The molecule has 0 fully saturated rings. The van der Waals surface area contributed by atoms with Crippen LogP contribution in [0.1, 0.15) is 0 Å². The van der Waals surface area contributed by atoms with Crippen LogP contribution in [0.4, 0.5) is 0 Å². The van der Waals surface area contributed by atoms with Crippen LogP contribution in [0, 0.1) is 0 Å². The molecule has 124 valence electrons. The zero-order valence-electron chi connectivity index (χ0n) is 13.9. The lowest BCUT2D eigenvalue weighted by Gasteiger charge is -2.16. The van der Waals surface area contributed by atoms with Crippen LogP contribution < -0.4 is 9.47 Å². The van der Waals surface area contributed by atoms with E-state index in [2.05, 4.69) is 28.1 Å². The van der Waals surface area contributed by atoms with E-state index in [1.807, 2.05) is 48.5 Å². The summed E-state index contributed by atoms with van der Waals surface area (Å²) in [7, 11) is 3.34. The number of ether oxygens (including phenoxy) is 2. The minimum atomic E-state index is 0.737. The van der Waals surface area contributed by atoms with Gasteiger partial charge in [-0.2, -0.15) is 0 Å². The fraction of sp³-hybridized carbons (Fsp3) is 0.0952. The van der Waals surface area contributed by atoms with Crippen molar-refractivity contribution in [3.63, 3.8) is 0 Å². The summed E-state index contributed by atoms with van der Waals surface area (Å²) in [5.41, 5.74) is 3.58. The lowest BCUT2D eigenvalue weighted by atomic mass is 9.95. The zero-order valence-corrected chi connectivity index (χ0v) is 15.5. The standard InChI is InChI=1S/C21H16BrO3/c1-23-18-12-11-15(22)21(24-2)20(18)19-13-7-3-5-9-16(13)25-17-10-6-4-8-14(17)19/h3-12H,1-2H3/q+1. The molecular weight excluding hydrogens is 380 g/mol. The smallest absolute Gasteiger partial charge is 0.361 e. The first-order valence-electron chi connectivity index (χ1n) is 7.89. The molecule has 3 nitrogen and oxygen atoms in total. The molecule has 0 saturated heterocycles. The molecule has 4 aromatic rings. The molecule has 0 aliphatic heterocycles. The Labute approximate surface area is 153 Å². The Morgan fingerprint density at radius 2 is 1.32 bits per heavy atom. The van der Waals surface area contributed by atoms with E-state index in [-0.39, 0.29) is 0 Å². The molecule has 4 heteroatoms. The fourth-order valence-electron chi connectivity index (χ4n) is 3.20. The summed E-state index contributed by atoms with van der Waals surface area (Å²) in [6, 6.07) is 19.9. The molecule has 0 aliphatic carbocycles. The Kier molecular flexibility index (Phi) is 4.06.